The fraction of sp³-hybridized carbons (Fsp3) is 0.417. The van der Waals surface area contributed by atoms with Gasteiger partial charge in [0.1, 0.15) is 16.9 Å². The number of hydrogen-bond acceptors (Lipinski definition) is 7. The monoisotopic (exact) mass is 500 g/mol. The summed E-state index contributed by atoms with van der Waals surface area (Å²) in [7, 11) is 0. The number of nitrogens with one attached hydrogen (secondary N) is 1. The molecule has 2 aromatic heterocycles. The van der Waals surface area contributed by atoms with Crippen molar-refractivity contribution >= 4 is 40.0 Å². The summed E-state index contributed by atoms with van der Waals surface area (Å²) in [5, 5.41) is 14.6. The van der Waals surface area contributed by atoms with Gasteiger partial charge in [0.25, 0.3) is 0 Å². The lowest BCUT2D eigenvalue weighted by atomic mass is 9.81. The molecule has 3 N–H and O–H groups in total. The van der Waals surface area contributed by atoms with Gasteiger partial charge in [0, 0.05) is 12.1 Å². The van der Waals surface area contributed by atoms with Crippen molar-refractivity contribution in [3.63, 3.8) is 0 Å². The molecule has 180 valence electrons. The Morgan fingerprint density at radius 2 is 1.97 bits per heavy atom. The Bertz CT molecular complexity index is 1200. The number of hydrogen-bond donors (Lipinski definition) is 2. The number of nitrogens with two attached hydrogens (primary N) is 1. The van der Waals surface area contributed by atoms with Gasteiger partial charge in [0.2, 0.25) is 5.91 Å². The Morgan fingerprint density at radius 1 is 1.24 bits per heavy atom. The molecule has 0 fully saturated rings. The Hall–Kier alpha value is -2.69. The van der Waals surface area contributed by atoms with Crippen LogP contribution in [0.2, 0.25) is 0 Å². The van der Waals surface area contributed by atoms with E-state index in [9.17, 15) is 9.59 Å². The standard InChI is InChI=1S/C24H29N5O3S2/c1-6-32-21(31)18-16-12-23(2,3)28-24(4,5)19(16)34-20(18)26-17(30)13-33-22-27-25-14-29(22)15-10-8-7-9-11-15/h7-11,14,28H,6,12-13H2,1-5H3,(H,26,30)/p+1. The van der Waals surface area contributed by atoms with Crippen LogP contribution in [0.3, 0.4) is 0 Å². The number of para-hydroxylation sites is 1. The first kappa shape index (κ1) is 24.4. The van der Waals surface area contributed by atoms with E-state index in [1.165, 1.54) is 23.1 Å². The highest BCUT2D eigenvalue weighted by molar-refractivity contribution is 7.99. The molecule has 1 aliphatic rings. The van der Waals surface area contributed by atoms with E-state index in [-0.39, 0.29) is 35.3 Å². The fourth-order valence-corrected chi connectivity index (χ4v) is 6.62. The lowest BCUT2D eigenvalue weighted by Gasteiger charge is -2.38. The number of anilines is 1. The van der Waals surface area contributed by atoms with Crippen LogP contribution in [0.5, 0.6) is 0 Å². The highest BCUT2D eigenvalue weighted by Gasteiger charge is 2.45. The summed E-state index contributed by atoms with van der Waals surface area (Å²) < 4.78 is 7.21. The van der Waals surface area contributed by atoms with E-state index in [1.807, 2.05) is 34.9 Å². The Balaban J connectivity index is 1.56. The number of quaternary nitrogens is 1. The zero-order chi connectivity index (χ0) is 24.5. The van der Waals surface area contributed by atoms with Crippen molar-refractivity contribution in [2.24, 2.45) is 0 Å². The average molecular weight is 501 g/mol. The summed E-state index contributed by atoms with van der Waals surface area (Å²) in [6, 6.07) is 9.72. The first-order valence-electron chi connectivity index (χ1n) is 11.2. The molecular weight excluding hydrogens is 470 g/mol. The van der Waals surface area contributed by atoms with Crippen LogP contribution < -0.4 is 10.6 Å². The molecule has 0 spiro atoms. The van der Waals surface area contributed by atoms with E-state index < -0.39 is 0 Å². The predicted octanol–water partition coefficient (Wildman–Crippen LogP) is 3.37. The lowest BCUT2D eigenvalue weighted by Crippen LogP contribution is -3.03. The summed E-state index contributed by atoms with van der Waals surface area (Å²) in [6.07, 6.45) is 2.35. The molecule has 3 aromatic rings. The normalized spacial score (nSPS) is 16.0. The van der Waals surface area contributed by atoms with Crippen molar-refractivity contribution in [2.45, 2.75) is 57.3 Å². The minimum absolute atomic E-state index is 0.0720. The van der Waals surface area contributed by atoms with Crippen LogP contribution in [0.1, 0.15) is 55.4 Å². The zero-order valence-corrected chi connectivity index (χ0v) is 21.7. The van der Waals surface area contributed by atoms with Crippen LogP contribution >= 0.6 is 23.1 Å². The number of carbonyl (C=O) groups is 2. The first-order valence-corrected chi connectivity index (χ1v) is 13.0. The van der Waals surface area contributed by atoms with Gasteiger partial charge in [-0.15, -0.1) is 21.5 Å². The molecule has 0 atom stereocenters. The van der Waals surface area contributed by atoms with Gasteiger partial charge in [-0.2, -0.15) is 0 Å². The number of thioether (sulfide) groups is 1. The highest BCUT2D eigenvalue weighted by atomic mass is 32.2. The van der Waals surface area contributed by atoms with Crippen LogP contribution in [0.15, 0.2) is 41.8 Å². The molecule has 4 rings (SSSR count). The number of amides is 1. The van der Waals surface area contributed by atoms with Crippen molar-refractivity contribution in [2.75, 3.05) is 17.7 Å². The van der Waals surface area contributed by atoms with Gasteiger partial charge in [0.15, 0.2) is 5.16 Å². The van der Waals surface area contributed by atoms with Crippen LogP contribution in [0, 0.1) is 0 Å². The molecule has 0 radical (unpaired) electrons. The smallest absolute Gasteiger partial charge is 0.341 e. The second kappa shape index (κ2) is 9.52. The summed E-state index contributed by atoms with van der Waals surface area (Å²) >= 11 is 2.76. The summed E-state index contributed by atoms with van der Waals surface area (Å²) in [4.78, 5) is 27.0. The predicted molar refractivity (Wildman–Crippen MR) is 134 cm³/mol. The number of fused-ring (bicyclic) bond motifs is 1. The third-order valence-corrected chi connectivity index (χ3v) is 8.02. The number of nitrogens with zero attached hydrogens (tertiary/aromatic N) is 3. The van der Waals surface area contributed by atoms with Gasteiger partial charge in [-0.25, -0.2) is 4.79 Å². The molecular formula is C24H30N5O3S2+. The number of thiophene rings is 1. The fourth-order valence-electron chi connectivity index (χ4n) is 4.59. The molecule has 1 amide bonds. The quantitative estimate of drug-likeness (QED) is 0.381. The molecule has 34 heavy (non-hydrogen) atoms. The Kier molecular flexibility index (Phi) is 6.84. The van der Waals surface area contributed by atoms with Gasteiger partial charge in [0.05, 0.1) is 28.3 Å². The van der Waals surface area contributed by atoms with Gasteiger partial charge < -0.3 is 15.4 Å². The van der Waals surface area contributed by atoms with Crippen molar-refractivity contribution in [3.05, 3.63) is 52.7 Å². The SMILES string of the molecule is CCOC(=O)c1c(NC(=O)CSc2nncn2-c2ccccc2)sc2c1CC(C)(C)[NH2+]C2(C)C. The number of ether oxygens (including phenoxy) is 1. The Morgan fingerprint density at radius 3 is 2.68 bits per heavy atom. The Labute approximate surface area is 207 Å². The molecule has 3 heterocycles. The summed E-state index contributed by atoms with van der Waals surface area (Å²) in [6.45, 7) is 10.7. The molecule has 0 saturated heterocycles. The number of aromatic nitrogens is 3. The first-order chi connectivity index (χ1) is 16.1. The van der Waals surface area contributed by atoms with Gasteiger partial charge >= 0.3 is 5.97 Å². The molecule has 0 aliphatic carbocycles. The van der Waals surface area contributed by atoms with Crippen molar-refractivity contribution in [1.82, 2.24) is 14.8 Å². The number of benzene rings is 1. The van der Waals surface area contributed by atoms with E-state index in [0.717, 1.165) is 22.5 Å². The van der Waals surface area contributed by atoms with E-state index >= 15 is 0 Å². The molecule has 1 aromatic carbocycles. The average Bonchev–Trinajstić information content (AvgIpc) is 3.36. The maximum Gasteiger partial charge on any atom is 0.341 e. The third kappa shape index (κ3) is 5.03. The molecule has 1 aliphatic heterocycles. The van der Waals surface area contributed by atoms with E-state index in [4.69, 9.17) is 4.74 Å². The van der Waals surface area contributed by atoms with Gasteiger partial charge in [-0.3, -0.25) is 9.36 Å². The van der Waals surface area contributed by atoms with E-state index in [0.29, 0.717) is 15.7 Å². The molecule has 8 nitrogen and oxygen atoms in total. The maximum atomic E-state index is 12.9. The van der Waals surface area contributed by atoms with Crippen LogP contribution in [0.25, 0.3) is 5.69 Å². The van der Waals surface area contributed by atoms with Crippen LogP contribution in [-0.4, -0.2) is 44.5 Å². The summed E-state index contributed by atoms with van der Waals surface area (Å²) in [5.41, 5.74) is 2.10. The maximum absolute atomic E-state index is 12.9. The minimum atomic E-state index is -0.389. The zero-order valence-electron chi connectivity index (χ0n) is 20.0. The third-order valence-electron chi connectivity index (χ3n) is 5.59. The highest BCUT2D eigenvalue weighted by Crippen LogP contribution is 2.42. The van der Waals surface area contributed by atoms with Crippen molar-refractivity contribution < 1.29 is 19.6 Å². The molecule has 0 bridgehead atoms. The molecule has 0 saturated carbocycles. The number of esters is 1. The van der Waals surface area contributed by atoms with Crippen LogP contribution in [-0.2, 0) is 21.5 Å². The van der Waals surface area contributed by atoms with Crippen molar-refractivity contribution in [3.8, 4) is 5.69 Å². The molecule has 10 heteroatoms. The topological polar surface area (TPSA) is 103 Å². The number of rotatable bonds is 7. The second-order valence-electron chi connectivity index (χ2n) is 9.52. The van der Waals surface area contributed by atoms with Crippen LogP contribution in [0.4, 0.5) is 5.00 Å². The van der Waals surface area contributed by atoms with Gasteiger partial charge in [-0.1, -0.05) is 30.0 Å². The van der Waals surface area contributed by atoms with E-state index in [2.05, 4.69) is 48.5 Å². The minimum Gasteiger partial charge on any atom is -0.462 e. The number of carbonyl (C=O) groups excluding carboxylic acids is 2. The lowest BCUT2D eigenvalue weighted by molar-refractivity contribution is -0.789. The largest absolute Gasteiger partial charge is 0.462 e. The van der Waals surface area contributed by atoms with Crippen molar-refractivity contribution in [1.29, 1.82) is 0 Å². The van der Waals surface area contributed by atoms with E-state index in [1.54, 1.807) is 13.3 Å². The summed E-state index contributed by atoms with van der Waals surface area (Å²) in [5.74, 6) is -0.463. The second-order valence-corrected chi connectivity index (χ2v) is 11.5. The molecule has 0 unspecified atom stereocenters. The van der Waals surface area contributed by atoms with Gasteiger partial charge in [-0.05, 0) is 52.3 Å².